The molecule has 1 aromatic carbocycles. The van der Waals surface area contributed by atoms with Gasteiger partial charge in [0.15, 0.2) is 0 Å². The number of alkyl halides is 3. The first-order chi connectivity index (χ1) is 8.82. The zero-order valence-electron chi connectivity index (χ0n) is 10.9. The molecule has 0 aliphatic heterocycles. The highest BCUT2D eigenvalue weighted by molar-refractivity contribution is 5.34. The van der Waals surface area contributed by atoms with Crippen LogP contribution in [-0.2, 0) is 6.42 Å². The van der Waals surface area contributed by atoms with Crippen molar-refractivity contribution in [2.45, 2.75) is 39.0 Å². The molecule has 19 heavy (non-hydrogen) atoms. The highest BCUT2D eigenvalue weighted by atomic mass is 19.4. The van der Waals surface area contributed by atoms with E-state index in [1.54, 1.807) is 6.92 Å². The molecule has 1 aliphatic carbocycles. The van der Waals surface area contributed by atoms with E-state index in [1.165, 1.54) is 12.1 Å². The summed E-state index contributed by atoms with van der Waals surface area (Å²) in [5.74, 6) is -0.139. The largest absolute Gasteiger partial charge is 0.573 e. The molecular weight excluding hydrogens is 255 g/mol. The lowest BCUT2D eigenvalue weighted by Gasteiger charge is -2.14. The van der Waals surface area contributed by atoms with Crippen LogP contribution in [0.25, 0.3) is 0 Å². The molecule has 0 aromatic heterocycles. The topological polar surface area (TPSA) is 35.2 Å². The van der Waals surface area contributed by atoms with Gasteiger partial charge in [-0.1, -0.05) is 6.07 Å². The minimum atomic E-state index is -4.64. The average molecular weight is 273 g/mol. The van der Waals surface area contributed by atoms with Crippen molar-refractivity contribution < 1.29 is 17.9 Å². The van der Waals surface area contributed by atoms with Crippen molar-refractivity contribution in [3.63, 3.8) is 0 Å². The lowest BCUT2D eigenvalue weighted by Crippen LogP contribution is -2.18. The quantitative estimate of drug-likeness (QED) is 0.890. The fourth-order valence-electron chi connectivity index (χ4n) is 2.30. The number of hydrogen-bond donors (Lipinski definition) is 1. The van der Waals surface area contributed by atoms with Gasteiger partial charge in [0.05, 0.1) is 0 Å². The molecule has 0 bridgehead atoms. The number of rotatable bonds is 5. The first kappa shape index (κ1) is 14.2. The van der Waals surface area contributed by atoms with Gasteiger partial charge in [0.2, 0.25) is 0 Å². The summed E-state index contributed by atoms with van der Waals surface area (Å²) < 4.78 is 40.6. The highest BCUT2D eigenvalue weighted by Crippen LogP contribution is 2.48. The van der Waals surface area contributed by atoms with Crippen molar-refractivity contribution in [1.82, 2.24) is 0 Å². The SMILES string of the molecule is Cc1cc(CCC2(CN)CC2)cc(OC(F)(F)F)c1. The zero-order valence-corrected chi connectivity index (χ0v) is 10.9. The molecule has 2 nitrogen and oxygen atoms in total. The second kappa shape index (κ2) is 5.04. The summed E-state index contributed by atoms with van der Waals surface area (Å²) in [4.78, 5) is 0. The summed E-state index contributed by atoms with van der Waals surface area (Å²) >= 11 is 0. The van der Waals surface area contributed by atoms with E-state index in [1.807, 2.05) is 6.07 Å². The van der Waals surface area contributed by atoms with Crippen molar-refractivity contribution in [1.29, 1.82) is 0 Å². The standard InChI is InChI=1S/C14H18F3NO/c1-10-6-11(2-3-13(9-18)4-5-13)8-12(7-10)19-14(15,16)17/h6-8H,2-5,9,18H2,1H3. The van der Waals surface area contributed by atoms with Crippen LogP contribution in [0.5, 0.6) is 5.75 Å². The molecular formula is C14H18F3NO. The minimum Gasteiger partial charge on any atom is -0.406 e. The maximum absolute atomic E-state index is 12.2. The van der Waals surface area contributed by atoms with Crippen LogP contribution in [0.4, 0.5) is 13.2 Å². The highest BCUT2D eigenvalue weighted by Gasteiger charge is 2.40. The van der Waals surface area contributed by atoms with Crippen molar-refractivity contribution in [3.05, 3.63) is 29.3 Å². The normalized spacial score (nSPS) is 17.3. The van der Waals surface area contributed by atoms with Crippen LogP contribution in [0.1, 0.15) is 30.4 Å². The summed E-state index contributed by atoms with van der Waals surface area (Å²) in [5.41, 5.74) is 7.58. The van der Waals surface area contributed by atoms with Crippen molar-refractivity contribution >= 4 is 0 Å². The Kier molecular flexibility index (Phi) is 3.76. The molecule has 0 amide bonds. The van der Waals surface area contributed by atoms with Gasteiger partial charge in [-0.2, -0.15) is 0 Å². The Hall–Kier alpha value is -1.23. The van der Waals surface area contributed by atoms with Gasteiger partial charge in [-0.25, -0.2) is 0 Å². The van der Waals surface area contributed by atoms with Gasteiger partial charge < -0.3 is 10.5 Å². The molecule has 0 saturated heterocycles. The Morgan fingerprint density at radius 1 is 1.26 bits per heavy atom. The van der Waals surface area contributed by atoms with Gasteiger partial charge >= 0.3 is 6.36 Å². The summed E-state index contributed by atoms with van der Waals surface area (Å²) in [6.45, 7) is 2.42. The molecule has 1 saturated carbocycles. The van der Waals surface area contributed by atoms with Gasteiger partial charge in [0.25, 0.3) is 0 Å². The predicted molar refractivity (Wildman–Crippen MR) is 66.9 cm³/mol. The predicted octanol–water partition coefficient (Wildman–Crippen LogP) is 3.57. The molecule has 106 valence electrons. The van der Waals surface area contributed by atoms with E-state index < -0.39 is 6.36 Å². The summed E-state index contributed by atoms with van der Waals surface area (Å²) in [6.07, 6.45) is -0.714. The Balaban J connectivity index is 2.04. The third-order valence-electron chi connectivity index (χ3n) is 3.68. The molecule has 1 fully saturated rings. The first-order valence-electron chi connectivity index (χ1n) is 6.38. The maximum atomic E-state index is 12.2. The maximum Gasteiger partial charge on any atom is 0.573 e. The second-order valence-corrected chi connectivity index (χ2v) is 5.41. The first-order valence-corrected chi connectivity index (χ1v) is 6.38. The number of halogens is 3. The van der Waals surface area contributed by atoms with Gasteiger partial charge in [-0.05, 0) is 67.8 Å². The van der Waals surface area contributed by atoms with E-state index in [4.69, 9.17) is 5.73 Å². The van der Waals surface area contributed by atoms with E-state index in [0.717, 1.165) is 36.8 Å². The smallest absolute Gasteiger partial charge is 0.406 e. The van der Waals surface area contributed by atoms with E-state index >= 15 is 0 Å². The summed E-state index contributed by atoms with van der Waals surface area (Å²) in [5, 5.41) is 0. The molecule has 5 heteroatoms. The Labute approximate surface area is 110 Å². The van der Waals surface area contributed by atoms with E-state index in [9.17, 15) is 13.2 Å². The summed E-state index contributed by atoms with van der Waals surface area (Å²) in [6, 6.07) is 4.76. The van der Waals surface area contributed by atoms with Crippen LogP contribution in [0, 0.1) is 12.3 Å². The number of benzene rings is 1. The Morgan fingerprint density at radius 3 is 2.47 bits per heavy atom. The fraction of sp³-hybridized carbons (Fsp3) is 0.571. The molecule has 0 unspecified atom stereocenters. The van der Waals surface area contributed by atoms with E-state index in [-0.39, 0.29) is 11.2 Å². The molecule has 1 aliphatic rings. The molecule has 0 spiro atoms. The lowest BCUT2D eigenvalue weighted by atomic mass is 9.96. The second-order valence-electron chi connectivity index (χ2n) is 5.41. The monoisotopic (exact) mass is 273 g/mol. The fourth-order valence-corrected chi connectivity index (χ4v) is 2.30. The van der Waals surface area contributed by atoms with Gasteiger partial charge in [-0.3, -0.25) is 0 Å². The van der Waals surface area contributed by atoms with Crippen LogP contribution in [0.3, 0.4) is 0 Å². The third-order valence-corrected chi connectivity index (χ3v) is 3.68. The van der Waals surface area contributed by atoms with Crippen LogP contribution >= 0.6 is 0 Å². The van der Waals surface area contributed by atoms with Gasteiger partial charge in [0.1, 0.15) is 5.75 Å². The van der Waals surface area contributed by atoms with Crippen molar-refractivity contribution in [2.75, 3.05) is 6.54 Å². The Bertz CT molecular complexity index is 452. The number of ether oxygens (including phenoxy) is 1. The van der Waals surface area contributed by atoms with E-state index in [0.29, 0.717) is 6.54 Å². The van der Waals surface area contributed by atoms with E-state index in [2.05, 4.69) is 4.74 Å². The molecule has 0 heterocycles. The minimum absolute atomic E-state index is 0.139. The molecule has 2 N–H and O–H groups in total. The van der Waals surface area contributed by atoms with Crippen molar-refractivity contribution in [3.8, 4) is 5.75 Å². The zero-order chi connectivity index (χ0) is 14.1. The van der Waals surface area contributed by atoms with Crippen LogP contribution < -0.4 is 10.5 Å². The molecule has 2 rings (SSSR count). The number of nitrogens with two attached hydrogens (primary N) is 1. The number of aryl methyl sites for hydroxylation is 2. The number of hydrogen-bond acceptors (Lipinski definition) is 2. The van der Waals surface area contributed by atoms with Crippen LogP contribution in [0.15, 0.2) is 18.2 Å². The van der Waals surface area contributed by atoms with Crippen LogP contribution in [-0.4, -0.2) is 12.9 Å². The van der Waals surface area contributed by atoms with Crippen LogP contribution in [0.2, 0.25) is 0 Å². The molecule has 0 atom stereocenters. The third kappa shape index (κ3) is 4.13. The van der Waals surface area contributed by atoms with Crippen molar-refractivity contribution in [2.24, 2.45) is 11.1 Å². The molecule has 1 aromatic rings. The Morgan fingerprint density at radius 2 is 1.95 bits per heavy atom. The van der Waals surface area contributed by atoms with Gasteiger partial charge in [-0.15, -0.1) is 13.2 Å². The average Bonchev–Trinajstić information content (AvgIpc) is 3.04. The lowest BCUT2D eigenvalue weighted by molar-refractivity contribution is -0.274. The summed E-state index contributed by atoms with van der Waals surface area (Å²) in [7, 11) is 0. The van der Waals surface area contributed by atoms with Gasteiger partial charge in [0, 0.05) is 0 Å². The molecule has 0 radical (unpaired) electrons.